The van der Waals surface area contributed by atoms with Gasteiger partial charge in [-0.15, -0.1) is 0 Å². The van der Waals surface area contributed by atoms with Crippen LogP contribution in [0.1, 0.15) is 27.8 Å². The topological polar surface area (TPSA) is 72.5 Å². The number of amides is 1. The Labute approximate surface area is 172 Å². The maximum absolute atomic E-state index is 12.6. The van der Waals surface area contributed by atoms with Gasteiger partial charge in [-0.05, 0) is 49.6 Å². The van der Waals surface area contributed by atoms with Gasteiger partial charge in [0.2, 0.25) is 5.91 Å². The van der Waals surface area contributed by atoms with Crippen LogP contribution >= 0.6 is 11.6 Å². The molecule has 148 valence electrons. The number of furan rings is 1. The maximum atomic E-state index is 12.6. The van der Waals surface area contributed by atoms with Crippen LogP contribution in [0, 0.1) is 20.8 Å². The number of rotatable bonds is 4. The van der Waals surface area contributed by atoms with Gasteiger partial charge in [0.05, 0.1) is 18.2 Å². The van der Waals surface area contributed by atoms with Crippen molar-refractivity contribution in [2.75, 3.05) is 0 Å². The Morgan fingerprint density at radius 3 is 2.59 bits per heavy atom. The molecule has 0 aliphatic heterocycles. The first-order valence-corrected chi connectivity index (χ1v) is 9.68. The highest BCUT2D eigenvalue weighted by molar-refractivity contribution is 6.31. The Kier molecular flexibility index (Phi) is 4.92. The average Bonchev–Trinajstić information content (AvgIpc) is 3.07. The number of carbonyl (C=O) groups excluding carboxylic acids is 1. The summed E-state index contributed by atoms with van der Waals surface area (Å²) in [6, 6.07) is 9.26. The van der Waals surface area contributed by atoms with Crippen LogP contribution in [0.25, 0.3) is 21.9 Å². The Bertz CT molecular complexity index is 1320. The van der Waals surface area contributed by atoms with Crippen LogP contribution in [0.15, 0.2) is 50.2 Å². The third kappa shape index (κ3) is 3.42. The van der Waals surface area contributed by atoms with E-state index < -0.39 is 5.63 Å². The molecule has 4 aromatic rings. The van der Waals surface area contributed by atoms with Crippen LogP contribution < -0.4 is 10.9 Å². The van der Waals surface area contributed by atoms with Crippen molar-refractivity contribution in [1.82, 2.24) is 5.32 Å². The summed E-state index contributed by atoms with van der Waals surface area (Å²) in [5.74, 6) is -0.267. The zero-order chi connectivity index (χ0) is 20.7. The van der Waals surface area contributed by atoms with Crippen molar-refractivity contribution in [3.05, 3.63) is 79.9 Å². The minimum absolute atomic E-state index is 0.0595. The van der Waals surface area contributed by atoms with E-state index >= 15 is 0 Å². The third-order valence-electron chi connectivity index (χ3n) is 5.31. The molecule has 2 aromatic heterocycles. The van der Waals surface area contributed by atoms with Gasteiger partial charge < -0.3 is 14.2 Å². The molecule has 0 radical (unpaired) electrons. The first-order valence-electron chi connectivity index (χ1n) is 9.30. The molecule has 0 aliphatic rings. The van der Waals surface area contributed by atoms with Gasteiger partial charge in [0.15, 0.2) is 0 Å². The quantitative estimate of drug-likeness (QED) is 0.482. The van der Waals surface area contributed by atoms with Crippen LogP contribution in [0.2, 0.25) is 5.02 Å². The van der Waals surface area contributed by atoms with Crippen molar-refractivity contribution < 1.29 is 13.6 Å². The number of fused-ring (bicyclic) bond motifs is 2. The molecular formula is C23H20ClNO4. The molecule has 0 spiro atoms. The van der Waals surface area contributed by atoms with Gasteiger partial charge in [0.25, 0.3) is 0 Å². The van der Waals surface area contributed by atoms with Gasteiger partial charge in [0.1, 0.15) is 11.2 Å². The molecule has 6 heteroatoms. The number of aryl methyl sites for hydroxylation is 3. The number of hydrogen-bond donors (Lipinski definition) is 1. The molecule has 5 nitrogen and oxygen atoms in total. The lowest BCUT2D eigenvalue weighted by molar-refractivity contribution is -0.120. The van der Waals surface area contributed by atoms with E-state index in [4.69, 9.17) is 20.4 Å². The summed E-state index contributed by atoms with van der Waals surface area (Å²) >= 11 is 6.13. The molecule has 0 atom stereocenters. The van der Waals surface area contributed by atoms with Crippen molar-refractivity contribution in [3.8, 4) is 0 Å². The Balaban J connectivity index is 1.67. The summed E-state index contributed by atoms with van der Waals surface area (Å²) < 4.78 is 11.2. The molecule has 29 heavy (non-hydrogen) atoms. The summed E-state index contributed by atoms with van der Waals surface area (Å²) in [5.41, 5.74) is 4.41. The Morgan fingerprint density at radius 2 is 1.83 bits per heavy atom. The fourth-order valence-electron chi connectivity index (χ4n) is 3.58. The number of nitrogens with one attached hydrogen (secondary N) is 1. The molecule has 4 rings (SSSR count). The van der Waals surface area contributed by atoms with Crippen molar-refractivity contribution in [2.24, 2.45) is 0 Å². The van der Waals surface area contributed by atoms with Gasteiger partial charge in [0, 0.05) is 27.9 Å². The van der Waals surface area contributed by atoms with E-state index in [9.17, 15) is 9.59 Å². The average molecular weight is 410 g/mol. The second kappa shape index (κ2) is 7.41. The number of hydrogen-bond acceptors (Lipinski definition) is 4. The van der Waals surface area contributed by atoms with E-state index in [-0.39, 0.29) is 12.3 Å². The lowest BCUT2D eigenvalue weighted by Gasteiger charge is -2.11. The van der Waals surface area contributed by atoms with E-state index in [1.807, 2.05) is 45.0 Å². The summed E-state index contributed by atoms with van der Waals surface area (Å²) in [6.07, 6.45) is 1.63. The van der Waals surface area contributed by atoms with Crippen LogP contribution in [0.5, 0.6) is 0 Å². The van der Waals surface area contributed by atoms with Crippen LogP contribution in [-0.2, 0) is 17.8 Å². The van der Waals surface area contributed by atoms with Crippen molar-refractivity contribution in [1.29, 1.82) is 0 Å². The van der Waals surface area contributed by atoms with E-state index in [0.29, 0.717) is 28.3 Å². The molecule has 2 aromatic carbocycles. The Morgan fingerprint density at radius 1 is 1.07 bits per heavy atom. The summed E-state index contributed by atoms with van der Waals surface area (Å²) in [5, 5.41) is 5.19. The SMILES string of the molecule is Cc1coc2c(C)c3oc(=O)c(CC(=O)NCc4ccccc4Cl)c(C)c3cc12. The highest BCUT2D eigenvalue weighted by Crippen LogP contribution is 2.32. The highest BCUT2D eigenvalue weighted by Gasteiger charge is 2.19. The second-order valence-corrected chi connectivity index (χ2v) is 7.62. The fraction of sp³-hybridized carbons (Fsp3) is 0.217. The maximum Gasteiger partial charge on any atom is 0.340 e. The molecule has 0 aliphatic carbocycles. The highest BCUT2D eigenvalue weighted by atomic mass is 35.5. The molecule has 0 saturated carbocycles. The van der Waals surface area contributed by atoms with Gasteiger partial charge in [-0.3, -0.25) is 4.79 Å². The van der Waals surface area contributed by atoms with Crippen molar-refractivity contribution in [3.63, 3.8) is 0 Å². The predicted octanol–water partition coefficient (Wildman–Crippen LogP) is 4.98. The molecule has 1 N–H and O–H groups in total. The smallest absolute Gasteiger partial charge is 0.340 e. The van der Waals surface area contributed by atoms with E-state index in [1.165, 1.54) is 0 Å². The number of benzene rings is 2. The zero-order valence-electron chi connectivity index (χ0n) is 16.4. The standard InChI is InChI=1S/C23H20ClNO4/c1-12-11-28-21-14(3)22-17(8-16(12)21)13(2)18(23(27)29-22)9-20(26)25-10-15-6-4-5-7-19(15)24/h4-8,11H,9-10H2,1-3H3,(H,25,26). The van der Waals surface area contributed by atoms with E-state index in [2.05, 4.69) is 5.32 Å². The predicted molar refractivity (Wildman–Crippen MR) is 113 cm³/mol. The van der Waals surface area contributed by atoms with E-state index in [0.717, 1.165) is 33.0 Å². The summed E-state index contributed by atoms with van der Waals surface area (Å²) in [4.78, 5) is 25.1. The van der Waals surface area contributed by atoms with Crippen LogP contribution in [-0.4, -0.2) is 5.91 Å². The third-order valence-corrected chi connectivity index (χ3v) is 5.68. The molecule has 0 unspecified atom stereocenters. The van der Waals surface area contributed by atoms with Crippen LogP contribution in [0.4, 0.5) is 0 Å². The molecular weight excluding hydrogens is 390 g/mol. The molecule has 2 heterocycles. The second-order valence-electron chi connectivity index (χ2n) is 7.21. The first kappa shape index (κ1) is 19.3. The van der Waals surface area contributed by atoms with Crippen LogP contribution in [0.3, 0.4) is 0 Å². The largest absolute Gasteiger partial charge is 0.464 e. The fourth-order valence-corrected chi connectivity index (χ4v) is 3.78. The minimum Gasteiger partial charge on any atom is -0.464 e. The minimum atomic E-state index is -0.506. The Hall–Kier alpha value is -3.05. The van der Waals surface area contributed by atoms with E-state index in [1.54, 1.807) is 12.3 Å². The van der Waals surface area contributed by atoms with Gasteiger partial charge in [-0.1, -0.05) is 29.8 Å². The number of carbonyl (C=O) groups is 1. The lowest BCUT2D eigenvalue weighted by Crippen LogP contribution is -2.27. The van der Waals surface area contributed by atoms with Gasteiger partial charge in [-0.25, -0.2) is 4.79 Å². The van der Waals surface area contributed by atoms with Crippen molar-refractivity contribution >= 4 is 39.4 Å². The van der Waals surface area contributed by atoms with Crippen molar-refractivity contribution in [2.45, 2.75) is 33.7 Å². The molecule has 1 amide bonds. The van der Waals surface area contributed by atoms with Gasteiger partial charge >= 0.3 is 5.63 Å². The molecule has 0 saturated heterocycles. The zero-order valence-corrected chi connectivity index (χ0v) is 17.1. The molecule has 0 bridgehead atoms. The number of halogens is 1. The monoisotopic (exact) mass is 409 g/mol. The first-order chi connectivity index (χ1) is 13.9. The molecule has 0 fully saturated rings. The summed E-state index contributed by atoms with van der Waals surface area (Å²) in [7, 11) is 0. The lowest BCUT2D eigenvalue weighted by atomic mass is 9.99. The van der Waals surface area contributed by atoms with Gasteiger partial charge in [-0.2, -0.15) is 0 Å². The summed E-state index contributed by atoms with van der Waals surface area (Å²) in [6.45, 7) is 5.97. The normalized spacial score (nSPS) is 11.3.